The van der Waals surface area contributed by atoms with Gasteiger partial charge in [-0.1, -0.05) is 56.3 Å². The van der Waals surface area contributed by atoms with Gasteiger partial charge in [-0.15, -0.1) is 12.4 Å². The van der Waals surface area contributed by atoms with Crippen LogP contribution in [0.25, 0.3) is 10.8 Å². The fraction of sp³-hybridized carbons (Fsp3) is 0.375. The van der Waals surface area contributed by atoms with Gasteiger partial charge in [0.05, 0.1) is 12.1 Å². The lowest BCUT2D eigenvalue weighted by Crippen LogP contribution is -2.27. The Morgan fingerprint density at radius 3 is 2.37 bits per heavy atom. The van der Waals surface area contributed by atoms with Crippen molar-refractivity contribution in [1.29, 1.82) is 0 Å². The number of rotatable bonds is 4. The molecule has 0 aliphatic heterocycles. The molecule has 0 aromatic heterocycles. The van der Waals surface area contributed by atoms with Gasteiger partial charge in [-0.3, -0.25) is 0 Å². The van der Waals surface area contributed by atoms with Crippen molar-refractivity contribution >= 4 is 23.2 Å². The van der Waals surface area contributed by atoms with E-state index < -0.39 is 6.10 Å². The zero-order valence-corrected chi connectivity index (χ0v) is 12.2. The van der Waals surface area contributed by atoms with E-state index in [1.54, 1.807) is 0 Å². The van der Waals surface area contributed by atoms with Crippen LogP contribution in [0.5, 0.6) is 0 Å². The summed E-state index contributed by atoms with van der Waals surface area (Å²) in [6.07, 6.45) is 0.237. The first-order valence-corrected chi connectivity index (χ1v) is 6.51. The second-order valence-corrected chi connectivity index (χ2v) is 5.29. The van der Waals surface area contributed by atoms with E-state index in [9.17, 15) is 5.11 Å². The van der Waals surface area contributed by atoms with Crippen LogP contribution in [0.4, 0.5) is 0 Å². The van der Waals surface area contributed by atoms with Crippen LogP contribution in [0.1, 0.15) is 31.9 Å². The molecule has 2 aromatic rings. The van der Waals surface area contributed by atoms with Gasteiger partial charge < -0.3 is 10.8 Å². The number of hydrogen-bond donors (Lipinski definition) is 2. The van der Waals surface area contributed by atoms with Gasteiger partial charge >= 0.3 is 0 Å². The predicted octanol–water partition coefficient (Wildman–Crippen LogP) is 3.67. The third-order valence-corrected chi connectivity index (χ3v) is 3.31. The number of aliphatic hydroxyl groups excluding tert-OH is 1. The van der Waals surface area contributed by atoms with E-state index in [0.717, 1.165) is 17.4 Å². The van der Waals surface area contributed by atoms with Gasteiger partial charge in [0.1, 0.15) is 0 Å². The molecule has 0 unspecified atom stereocenters. The minimum Gasteiger partial charge on any atom is -0.391 e. The van der Waals surface area contributed by atoms with Crippen LogP contribution in [-0.4, -0.2) is 11.2 Å². The molecular weight excluding hydrogens is 258 g/mol. The molecule has 0 heterocycles. The molecule has 2 aromatic carbocycles. The molecule has 3 heteroatoms. The zero-order chi connectivity index (χ0) is 13.1. The fourth-order valence-corrected chi connectivity index (χ4v) is 2.38. The predicted molar refractivity (Wildman–Crippen MR) is 83.6 cm³/mol. The monoisotopic (exact) mass is 279 g/mol. The number of halogens is 1. The Morgan fingerprint density at radius 2 is 1.68 bits per heavy atom. The average Bonchev–Trinajstić information content (AvgIpc) is 2.36. The van der Waals surface area contributed by atoms with Crippen molar-refractivity contribution in [3.63, 3.8) is 0 Å². The summed E-state index contributed by atoms with van der Waals surface area (Å²) in [7, 11) is 0. The van der Waals surface area contributed by atoms with E-state index in [0.29, 0.717) is 5.92 Å². The maximum atomic E-state index is 10.2. The molecule has 2 rings (SSSR count). The van der Waals surface area contributed by atoms with Gasteiger partial charge in [-0.25, -0.2) is 0 Å². The van der Waals surface area contributed by atoms with E-state index in [-0.39, 0.29) is 18.4 Å². The number of fused-ring (bicyclic) bond motifs is 1. The summed E-state index contributed by atoms with van der Waals surface area (Å²) in [6.45, 7) is 4.19. The summed E-state index contributed by atoms with van der Waals surface area (Å²) >= 11 is 0. The summed E-state index contributed by atoms with van der Waals surface area (Å²) in [4.78, 5) is 0. The van der Waals surface area contributed by atoms with Crippen LogP contribution in [0, 0.1) is 5.92 Å². The largest absolute Gasteiger partial charge is 0.391 e. The number of aliphatic hydroxyl groups is 1. The Kier molecular flexibility index (Phi) is 5.80. The first-order valence-electron chi connectivity index (χ1n) is 6.51. The van der Waals surface area contributed by atoms with Gasteiger partial charge in [0, 0.05) is 0 Å². The highest BCUT2D eigenvalue weighted by Crippen LogP contribution is 2.26. The molecule has 0 amide bonds. The summed E-state index contributed by atoms with van der Waals surface area (Å²) in [5, 5.41) is 12.5. The average molecular weight is 280 g/mol. The third-order valence-electron chi connectivity index (χ3n) is 3.31. The van der Waals surface area contributed by atoms with Gasteiger partial charge in [0.25, 0.3) is 0 Å². The standard InChI is InChI=1S/C16H21NO.ClH/c1-11(2)10-15(18)16(17)14-9-5-7-12-6-3-4-8-13(12)14;/h3-9,11,15-16,18H,10,17H2,1-2H3;1H/t15-,16+;/m0./s1. The highest BCUT2D eigenvalue weighted by Gasteiger charge is 2.19. The van der Waals surface area contributed by atoms with Crippen LogP contribution >= 0.6 is 12.4 Å². The molecule has 2 nitrogen and oxygen atoms in total. The molecule has 0 radical (unpaired) electrons. The molecule has 0 saturated heterocycles. The molecule has 19 heavy (non-hydrogen) atoms. The number of benzene rings is 2. The second-order valence-electron chi connectivity index (χ2n) is 5.29. The van der Waals surface area contributed by atoms with Crippen LogP contribution in [-0.2, 0) is 0 Å². The summed E-state index contributed by atoms with van der Waals surface area (Å²) in [6, 6.07) is 13.9. The molecule has 0 aliphatic carbocycles. The Balaban J connectivity index is 0.00000180. The molecule has 0 spiro atoms. The molecule has 0 bridgehead atoms. The maximum absolute atomic E-state index is 10.2. The lowest BCUT2D eigenvalue weighted by molar-refractivity contribution is 0.121. The van der Waals surface area contributed by atoms with Crippen LogP contribution < -0.4 is 5.73 Å². The lowest BCUT2D eigenvalue weighted by atomic mass is 9.92. The highest BCUT2D eigenvalue weighted by atomic mass is 35.5. The molecule has 3 N–H and O–H groups in total. The minimum absolute atomic E-state index is 0. The highest BCUT2D eigenvalue weighted by molar-refractivity contribution is 5.86. The van der Waals surface area contributed by atoms with Crippen molar-refractivity contribution in [2.75, 3.05) is 0 Å². The summed E-state index contributed by atoms with van der Waals surface area (Å²) < 4.78 is 0. The topological polar surface area (TPSA) is 46.2 Å². The minimum atomic E-state index is -0.490. The third kappa shape index (κ3) is 3.69. The van der Waals surface area contributed by atoms with E-state index in [2.05, 4.69) is 32.0 Å². The smallest absolute Gasteiger partial charge is 0.0735 e. The first-order chi connectivity index (χ1) is 8.59. The van der Waals surface area contributed by atoms with Gasteiger partial charge in [-0.05, 0) is 28.7 Å². The Morgan fingerprint density at radius 1 is 1.05 bits per heavy atom. The van der Waals surface area contributed by atoms with E-state index >= 15 is 0 Å². The summed E-state index contributed by atoms with van der Waals surface area (Å²) in [5.74, 6) is 0.445. The molecule has 0 aliphatic rings. The van der Waals surface area contributed by atoms with Crippen molar-refractivity contribution in [3.05, 3.63) is 48.0 Å². The molecule has 2 atom stereocenters. The van der Waals surface area contributed by atoms with E-state index in [4.69, 9.17) is 5.73 Å². The Hall–Kier alpha value is -1.09. The Bertz CT molecular complexity index is 522. The second kappa shape index (κ2) is 6.90. The number of hydrogen-bond acceptors (Lipinski definition) is 2. The normalized spacial score (nSPS) is 14.2. The molecular formula is C16H22ClNO. The molecule has 0 fully saturated rings. The molecule has 0 saturated carbocycles. The van der Waals surface area contributed by atoms with Crippen LogP contribution in [0.2, 0.25) is 0 Å². The van der Waals surface area contributed by atoms with Gasteiger partial charge in [-0.2, -0.15) is 0 Å². The SMILES string of the molecule is CC(C)C[C@H](O)[C@H](N)c1cccc2ccccc12.Cl. The van der Waals surface area contributed by atoms with Gasteiger partial charge in [0.2, 0.25) is 0 Å². The van der Waals surface area contributed by atoms with Gasteiger partial charge in [0.15, 0.2) is 0 Å². The number of nitrogens with two attached hydrogens (primary N) is 1. The molecule has 104 valence electrons. The maximum Gasteiger partial charge on any atom is 0.0735 e. The zero-order valence-electron chi connectivity index (χ0n) is 11.4. The fourth-order valence-electron chi connectivity index (χ4n) is 2.38. The van der Waals surface area contributed by atoms with Crippen molar-refractivity contribution in [2.24, 2.45) is 11.7 Å². The van der Waals surface area contributed by atoms with Crippen molar-refractivity contribution in [2.45, 2.75) is 32.4 Å². The summed E-state index contributed by atoms with van der Waals surface area (Å²) in [5.41, 5.74) is 7.23. The van der Waals surface area contributed by atoms with Crippen molar-refractivity contribution in [3.8, 4) is 0 Å². The van der Waals surface area contributed by atoms with Crippen molar-refractivity contribution in [1.82, 2.24) is 0 Å². The Labute approximate surface area is 121 Å². The van der Waals surface area contributed by atoms with E-state index in [1.165, 1.54) is 5.39 Å². The van der Waals surface area contributed by atoms with Crippen LogP contribution in [0.3, 0.4) is 0 Å². The quantitative estimate of drug-likeness (QED) is 0.897. The van der Waals surface area contributed by atoms with Crippen LogP contribution in [0.15, 0.2) is 42.5 Å². The first kappa shape index (κ1) is 16.0. The van der Waals surface area contributed by atoms with Crippen molar-refractivity contribution < 1.29 is 5.11 Å². The lowest BCUT2D eigenvalue weighted by Gasteiger charge is -2.22. The van der Waals surface area contributed by atoms with E-state index in [1.807, 2.05) is 24.3 Å².